The predicted octanol–water partition coefficient (Wildman–Crippen LogP) is 4.27. The number of allylic oxidation sites excluding steroid dienone is 1. The van der Waals surface area contributed by atoms with E-state index in [-0.39, 0.29) is 0 Å². The first-order valence-electron chi connectivity index (χ1n) is 4.59. The van der Waals surface area contributed by atoms with Crippen LogP contribution in [0.4, 0.5) is 0 Å². The number of hydrogen-bond acceptors (Lipinski definition) is 0. The van der Waals surface area contributed by atoms with E-state index in [1.165, 1.54) is 0 Å². The zero-order valence-electron chi connectivity index (χ0n) is 9.07. The van der Waals surface area contributed by atoms with Crippen molar-refractivity contribution in [2.45, 2.75) is 48.0 Å². The Morgan fingerprint density at radius 1 is 1.27 bits per heavy atom. The van der Waals surface area contributed by atoms with E-state index in [2.05, 4.69) is 34.3 Å². The maximum absolute atomic E-state index is 3.71. The Morgan fingerprint density at radius 2 is 1.64 bits per heavy atom. The highest BCUT2D eigenvalue weighted by Crippen LogP contribution is 2.27. The third kappa shape index (κ3) is 7.64. The third-order valence-electron chi connectivity index (χ3n) is 2.00. The average Bonchev–Trinajstić information content (AvgIpc) is 1.91. The van der Waals surface area contributed by atoms with Crippen LogP contribution in [0, 0.1) is 11.3 Å². The molecule has 0 heterocycles. The lowest BCUT2D eigenvalue weighted by Crippen LogP contribution is -2.16. The molecule has 0 rings (SSSR count). The van der Waals surface area contributed by atoms with Crippen molar-refractivity contribution in [3.05, 3.63) is 12.7 Å². The van der Waals surface area contributed by atoms with E-state index in [9.17, 15) is 0 Å². The molecule has 0 nitrogen and oxygen atoms in total. The molecule has 0 saturated carbocycles. The summed E-state index contributed by atoms with van der Waals surface area (Å²) in [6.07, 6.45) is 3.12. The van der Waals surface area contributed by atoms with Gasteiger partial charge >= 0.3 is 0 Å². The number of hydrogen-bond donors (Lipinski definition) is 0. The summed E-state index contributed by atoms with van der Waals surface area (Å²) in [5.74, 6) is 0.745. The van der Waals surface area contributed by atoms with Crippen LogP contribution in [-0.2, 0) is 0 Å². The molecule has 0 aliphatic rings. The summed E-state index contributed by atoms with van der Waals surface area (Å²) < 4.78 is 0. The molecule has 0 aromatic carbocycles. The molecule has 0 aromatic rings. The first-order chi connectivity index (χ1) is 4.98. The first-order valence-corrected chi connectivity index (χ1v) is 4.59. The highest BCUT2D eigenvalue weighted by molar-refractivity contribution is 4.77. The van der Waals surface area contributed by atoms with Crippen molar-refractivity contribution >= 4 is 0 Å². The van der Waals surface area contributed by atoms with Crippen LogP contribution < -0.4 is 0 Å². The zero-order chi connectivity index (χ0) is 9.49. The van der Waals surface area contributed by atoms with Crippen molar-refractivity contribution in [1.82, 2.24) is 0 Å². The summed E-state index contributed by atoms with van der Waals surface area (Å²) in [5.41, 5.74) is 0.439. The molecule has 11 heavy (non-hydrogen) atoms. The maximum atomic E-state index is 3.71. The van der Waals surface area contributed by atoms with E-state index in [1.807, 2.05) is 19.9 Å². The van der Waals surface area contributed by atoms with Gasteiger partial charge in [0, 0.05) is 0 Å². The van der Waals surface area contributed by atoms with Gasteiger partial charge in [0.1, 0.15) is 0 Å². The topological polar surface area (TPSA) is 0 Å². The molecule has 0 bridgehead atoms. The van der Waals surface area contributed by atoms with Gasteiger partial charge in [-0.05, 0) is 17.8 Å². The van der Waals surface area contributed by atoms with Gasteiger partial charge in [-0.2, -0.15) is 0 Å². The van der Waals surface area contributed by atoms with Crippen molar-refractivity contribution in [1.29, 1.82) is 0 Å². The zero-order valence-corrected chi connectivity index (χ0v) is 9.07. The summed E-state index contributed by atoms with van der Waals surface area (Å²) in [6.45, 7) is 16.8. The van der Waals surface area contributed by atoms with Crippen molar-refractivity contribution < 1.29 is 0 Å². The van der Waals surface area contributed by atoms with Gasteiger partial charge in [-0.3, -0.25) is 0 Å². The quantitative estimate of drug-likeness (QED) is 0.524. The lowest BCUT2D eigenvalue weighted by Gasteiger charge is -2.25. The molecule has 0 saturated heterocycles. The molecule has 0 spiro atoms. The summed E-state index contributed by atoms with van der Waals surface area (Å²) >= 11 is 0. The van der Waals surface area contributed by atoms with Crippen LogP contribution in [0.2, 0.25) is 0 Å². The Labute approximate surface area is 72.7 Å². The highest BCUT2D eigenvalue weighted by atomic mass is 14.2. The lowest BCUT2D eigenvalue weighted by atomic mass is 9.80. The molecular weight excluding hydrogens is 132 g/mol. The second-order valence-corrected chi connectivity index (χ2v) is 3.79. The van der Waals surface area contributed by atoms with Crippen LogP contribution in [0.5, 0.6) is 0 Å². The Balaban J connectivity index is 0. The van der Waals surface area contributed by atoms with E-state index < -0.39 is 0 Å². The molecule has 0 heteroatoms. The summed E-state index contributed by atoms with van der Waals surface area (Å²) in [6, 6.07) is 0. The summed E-state index contributed by atoms with van der Waals surface area (Å²) in [5, 5.41) is 0. The van der Waals surface area contributed by atoms with Gasteiger partial charge in [-0.1, -0.05) is 47.6 Å². The monoisotopic (exact) mass is 156 g/mol. The van der Waals surface area contributed by atoms with Gasteiger partial charge in [0.25, 0.3) is 0 Å². The largest absolute Gasteiger partial charge is 0.103 e. The fraction of sp³-hybridized carbons (Fsp3) is 0.818. The van der Waals surface area contributed by atoms with Gasteiger partial charge in [-0.25, -0.2) is 0 Å². The van der Waals surface area contributed by atoms with Gasteiger partial charge in [0.05, 0.1) is 0 Å². The van der Waals surface area contributed by atoms with Gasteiger partial charge in [-0.15, -0.1) is 6.58 Å². The smallest absolute Gasteiger partial charge is 0.0323 e. The highest BCUT2D eigenvalue weighted by Gasteiger charge is 2.17. The second kappa shape index (κ2) is 6.45. The minimum atomic E-state index is 0.439. The van der Waals surface area contributed by atoms with Crippen molar-refractivity contribution in [2.75, 3.05) is 0 Å². The molecule has 0 amide bonds. The third-order valence-corrected chi connectivity index (χ3v) is 2.00. The Hall–Kier alpha value is -0.260. The fourth-order valence-electron chi connectivity index (χ4n) is 0.604. The molecule has 0 aliphatic heterocycles. The SMILES string of the molecule is C=CC[C@H](C)C(C)(C)C.CC. The van der Waals surface area contributed by atoms with Crippen LogP contribution in [0.25, 0.3) is 0 Å². The standard InChI is InChI=1S/C9H18.C2H6/c1-6-7-8(2)9(3,4)5;1-2/h6,8H,1,7H2,2-5H3;1-2H3/t8-;/m0./s1. The normalized spacial score (nSPS) is 12.9. The fourth-order valence-corrected chi connectivity index (χ4v) is 0.604. The van der Waals surface area contributed by atoms with Crippen molar-refractivity contribution in [3.8, 4) is 0 Å². The molecule has 0 aliphatic carbocycles. The van der Waals surface area contributed by atoms with E-state index >= 15 is 0 Å². The lowest BCUT2D eigenvalue weighted by molar-refractivity contribution is 0.264. The molecule has 0 aromatic heterocycles. The molecule has 1 atom stereocenters. The van der Waals surface area contributed by atoms with E-state index in [0.29, 0.717) is 5.41 Å². The Bertz CT molecular complexity index is 84.7. The molecular formula is C11H24. The Kier molecular flexibility index (Phi) is 7.82. The summed E-state index contributed by atoms with van der Waals surface area (Å²) in [7, 11) is 0. The van der Waals surface area contributed by atoms with Gasteiger partial charge < -0.3 is 0 Å². The van der Waals surface area contributed by atoms with Crippen LogP contribution in [0.1, 0.15) is 48.0 Å². The summed E-state index contributed by atoms with van der Waals surface area (Å²) in [4.78, 5) is 0. The van der Waals surface area contributed by atoms with E-state index in [1.54, 1.807) is 0 Å². The van der Waals surface area contributed by atoms with Crippen LogP contribution in [0.3, 0.4) is 0 Å². The van der Waals surface area contributed by atoms with Gasteiger partial charge in [0.15, 0.2) is 0 Å². The molecule has 68 valence electrons. The molecule has 0 N–H and O–H groups in total. The molecule has 0 unspecified atom stereocenters. The van der Waals surface area contributed by atoms with Crippen LogP contribution >= 0.6 is 0 Å². The first kappa shape index (κ1) is 13.3. The molecule has 0 radical (unpaired) electrons. The predicted molar refractivity (Wildman–Crippen MR) is 54.8 cm³/mol. The minimum absolute atomic E-state index is 0.439. The van der Waals surface area contributed by atoms with Gasteiger partial charge in [0.2, 0.25) is 0 Å². The second-order valence-electron chi connectivity index (χ2n) is 3.79. The average molecular weight is 156 g/mol. The van der Waals surface area contributed by atoms with Crippen LogP contribution in [0.15, 0.2) is 12.7 Å². The van der Waals surface area contributed by atoms with Crippen LogP contribution in [-0.4, -0.2) is 0 Å². The van der Waals surface area contributed by atoms with E-state index in [0.717, 1.165) is 12.3 Å². The van der Waals surface area contributed by atoms with Crippen molar-refractivity contribution in [2.24, 2.45) is 11.3 Å². The maximum Gasteiger partial charge on any atom is -0.0323 e. The molecule has 0 fully saturated rings. The number of rotatable bonds is 2. The Morgan fingerprint density at radius 3 is 1.73 bits per heavy atom. The van der Waals surface area contributed by atoms with E-state index in [4.69, 9.17) is 0 Å². The van der Waals surface area contributed by atoms with Crippen molar-refractivity contribution in [3.63, 3.8) is 0 Å². The minimum Gasteiger partial charge on any atom is -0.103 e.